The summed E-state index contributed by atoms with van der Waals surface area (Å²) in [6.45, 7) is 10.2. The Balaban J connectivity index is 2.60. The van der Waals surface area contributed by atoms with Gasteiger partial charge in [-0.1, -0.05) is 64.8 Å². The maximum Gasteiger partial charge on any atom is 0.0320 e. The zero-order valence-corrected chi connectivity index (χ0v) is 13.2. The number of nitrogens with one attached hydrogen (secondary N) is 1. The maximum atomic E-state index is 3.70. The molecule has 1 aromatic rings. The van der Waals surface area contributed by atoms with Crippen LogP contribution in [0.15, 0.2) is 24.3 Å². The van der Waals surface area contributed by atoms with Crippen LogP contribution < -0.4 is 5.32 Å². The third-order valence-electron chi connectivity index (χ3n) is 3.71. The van der Waals surface area contributed by atoms with Crippen molar-refractivity contribution >= 4 is 0 Å². The summed E-state index contributed by atoms with van der Waals surface area (Å²) in [5.74, 6) is 0.814. The third kappa shape index (κ3) is 6.24. The molecule has 0 fully saturated rings. The van der Waals surface area contributed by atoms with Gasteiger partial charge < -0.3 is 5.32 Å². The summed E-state index contributed by atoms with van der Waals surface area (Å²) in [5.41, 5.74) is 2.88. The zero-order chi connectivity index (χ0) is 14.1. The lowest BCUT2D eigenvalue weighted by Gasteiger charge is -2.20. The number of hydrogen-bond donors (Lipinski definition) is 1. The molecule has 0 saturated heterocycles. The van der Waals surface area contributed by atoms with Crippen molar-refractivity contribution in [3.05, 3.63) is 35.4 Å². The zero-order valence-electron chi connectivity index (χ0n) is 13.2. The lowest BCUT2D eigenvalue weighted by atomic mass is 9.97. The molecule has 1 nitrogen and oxygen atoms in total. The van der Waals surface area contributed by atoms with Gasteiger partial charge in [0.2, 0.25) is 0 Å². The smallest absolute Gasteiger partial charge is 0.0320 e. The van der Waals surface area contributed by atoms with Gasteiger partial charge in [0.15, 0.2) is 0 Å². The Labute approximate surface area is 119 Å². The summed E-state index contributed by atoms with van der Waals surface area (Å²) >= 11 is 0. The van der Waals surface area contributed by atoms with Crippen molar-refractivity contribution in [1.82, 2.24) is 5.32 Å². The van der Waals surface area contributed by atoms with Gasteiger partial charge in [-0.2, -0.15) is 0 Å². The monoisotopic (exact) mass is 261 g/mol. The van der Waals surface area contributed by atoms with Gasteiger partial charge in [-0.3, -0.25) is 0 Å². The standard InChI is InChI=1S/C18H31N/c1-5-14-19-18(9-7-8-15(3)4)17-12-10-16(6-2)11-13-17/h10-13,15,18-19H,5-9,14H2,1-4H3. The molecule has 0 saturated carbocycles. The minimum atomic E-state index is 0.532. The first-order chi connectivity index (χ1) is 9.17. The van der Waals surface area contributed by atoms with E-state index >= 15 is 0 Å². The van der Waals surface area contributed by atoms with Crippen LogP contribution in [0.1, 0.15) is 70.5 Å². The van der Waals surface area contributed by atoms with E-state index in [1.807, 2.05) is 0 Å². The van der Waals surface area contributed by atoms with Crippen LogP contribution in [0, 0.1) is 5.92 Å². The molecule has 1 atom stereocenters. The molecule has 0 aliphatic rings. The lowest BCUT2D eigenvalue weighted by molar-refractivity contribution is 0.447. The second kappa shape index (κ2) is 9.14. The molecule has 1 heteroatoms. The van der Waals surface area contributed by atoms with E-state index in [9.17, 15) is 0 Å². The van der Waals surface area contributed by atoms with Gasteiger partial charge in [0.25, 0.3) is 0 Å². The van der Waals surface area contributed by atoms with Crippen LogP contribution >= 0.6 is 0 Å². The van der Waals surface area contributed by atoms with E-state index in [4.69, 9.17) is 0 Å². The average Bonchev–Trinajstić information content (AvgIpc) is 2.42. The molecule has 0 spiro atoms. The first-order valence-electron chi connectivity index (χ1n) is 7.99. The van der Waals surface area contributed by atoms with Crippen molar-refractivity contribution in [2.24, 2.45) is 5.92 Å². The first-order valence-corrected chi connectivity index (χ1v) is 7.99. The van der Waals surface area contributed by atoms with Gasteiger partial charge in [0.1, 0.15) is 0 Å². The summed E-state index contributed by atoms with van der Waals surface area (Å²) in [7, 11) is 0. The van der Waals surface area contributed by atoms with Crippen molar-refractivity contribution in [1.29, 1.82) is 0 Å². The Kier molecular flexibility index (Phi) is 7.81. The van der Waals surface area contributed by atoms with Gasteiger partial charge in [-0.05, 0) is 42.9 Å². The Morgan fingerprint density at radius 3 is 2.21 bits per heavy atom. The summed E-state index contributed by atoms with van der Waals surface area (Å²) < 4.78 is 0. The molecule has 1 N–H and O–H groups in total. The van der Waals surface area contributed by atoms with E-state index in [2.05, 4.69) is 57.3 Å². The molecule has 1 unspecified atom stereocenters. The van der Waals surface area contributed by atoms with Crippen molar-refractivity contribution in [3.63, 3.8) is 0 Å². The van der Waals surface area contributed by atoms with Crippen LogP contribution in [-0.4, -0.2) is 6.54 Å². The Bertz CT molecular complexity index is 326. The molecule has 0 amide bonds. The van der Waals surface area contributed by atoms with E-state index in [1.54, 1.807) is 0 Å². The topological polar surface area (TPSA) is 12.0 Å². The highest BCUT2D eigenvalue weighted by Crippen LogP contribution is 2.21. The van der Waals surface area contributed by atoms with Crippen molar-refractivity contribution in [2.75, 3.05) is 6.54 Å². The number of rotatable bonds is 9. The highest BCUT2D eigenvalue weighted by Gasteiger charge is 2.10. The van der Waals surface area contributed by atoms with E-state index in [0.717, 1.165) is 18.9 Å². The van der Waals surface area contributed by atoms with Gasteiger partial charge in [0.05, 0.1) is 0 Å². The minimum absolute atomic E-state index is 0.532. The Hall–Kier alpha value is -0.820. The number of hydrogen-bond acceptors (Lipinski definition) is 1. The van der Waals surface area contributed by atoms with E-state index < -0.39 is 0 Å². The van der Waals surface area contributed by atoms with E-state index in [1.165, 1.54) is 36.8 Å². The van der Waals surface area contributed by atoms with Crippen LogP contribution in [0.5, 0.6) is 0 Å². The maximum absolute atomic E-state index is 3.70. The van der Waals surface area contributed by atoms with E-state index in [0.29, 0.717) is 6.04 Å². The fraction of sp³-hybridized carbons (Fsp3) is 0.667. The van der Waals surface area contributed by atoms with Crippen LogP contribution in [-0.2, 0) is 6.42 Å². The lowest BCUT2D eigenvalue weighted by Crippen LogP contribution is -2.22. The van der Waals surface area contributed by atoms with Crippen molar-refractivity contribution in [3.8, 4) is 0 Å². The highest BCUT2D eigenvalue weighted by molar-refractivity contribution is 5.25. The Morgan fingerprint density at radius 2 is 1.68 bits per heavy atom. The molecule has 0 bridgehead atoms. The molecule has 0 radical (unpaired) electrons. The number of aryl methyl sites for hydroxylation is 1. The second-order valence-corrected chi connectivity index (χ2v) is 5.93. The normalized spacial score (nSPS) is 12.9. The Morgan fingerprint density at radius 1 is 1.00 bits per heavy atom. The second-order valence-electron chi connectivity index (χ2n) is 5.93. The molecule has 108 valence electrons. The summed E-state index contributed by atoms with van der Waals surface area (Å²) in [5, 5.41) is 3.70. The molecule has 0 aliphatic carbocycles. The highest BCUT2D eigenvalue weighted by atomic mass is 14.9. The van der Waals surface area contributed by atoms with Gasteiger partial charge >= 0.3 is 0 Å². The summed E-state index contributed by atoms with van der Waals surface area (Å²) in [6, 6.07) is 9.70. The molecule has 0 heterocycles. The van der Waals surface area contributed by atoms with Gasteiger partial charge in [0, 0.05) is 6.04 Å². The van der Waals surface area contributed by atoms with E-state index in [-0.39, 0.29) is 0 Å². The van der Waals surface area contributed by atoms with Crippen LogP contribution in [0.4, 0.5) is 0 Å². The molecule has 0 aliphatic heterocycles. The fourth-order valence-electron chi connectivity index (χ4n) is 2.42. The first kappa shape index (κ1) is 16.2. The van der Waals surface area contributed by atoms with Crippen LogP contribution in [0.3, 0.4) is 0 Å². The van der Waals surface area contributed by atoms with Crippen LogP contribution in [0.2, 0.25) is 0 Å². The van der Waals surface area contributed by atoms with Crippen LogP contribution in [0.25, 0.3) is 0 Å². The predicted octanol–water partition coefficient (Wildman–Crippen LogP) is 5.12. The van der Waals surface area contributed by atoms with Gasteiger partial charge in [-0.15, -0.1) is 0 Å². The molecule has 1 aromatic carbocycles. The molecule has 0 aromatic heterocycles. The van der Waals surface area contributed by atoms with Crippen molar-refractivity contribution < 1.29 is 0 Å². The van der Waals surface area contributed by atoms with Gasteiger partial charge in [-0.25, -0.2) is 0 Å². The molecular weight excluding hydrogens is 230 g/mol. The largest absolute Gasteiger partial charge is 0.310 e. The van der Waals surface area contributed by atoms with Crippen molar-refractivity contribution in [2.45, 2.75) is 65.8 Å². The molecular formula is C18H31N. The third-order valence-corrected chi connectivity index (χ3v) is 3.71. The predicted molar refractivity (Wildman–Crippen MR) is 85.5 cm³/mol. The summed E-state index contributed by atoms with van der Waals surface area (Å²) in [6.07, 6.45) is 6.23. The SMILES string of the molecule is CCCNC(CCCC(C)C)c1ccc(CC)cc1. The minimum Gasteiger partial charge on any atom is -0.310 e. The molecule has 19 heavy (non-hydrogen) atoms. The summed E-state index contributed by atoms with van der Waals surface area (Å²) in [4.78, 5) is 0. The molecule has 1 rings (SSSR count). The average molecular weight is 261 g/mol. The quantitative estimate of drug-likeness (QED) is 0.651. The fourth-order valence-corrected chi connectivity index (χ4v) is 2.42. The number of benzene rings is 1.